The molecule has 1 saturated carbocycles. The van der Waals surface area contributed by atoms with E-state index in [2.05, 4.69) is 9.80 Å². The lowest BCUT2D eigenvalue weighted by Crippen LogP contribution is -2.48. The van der Waals surface area contributed by atoms with Gasteiger partial charge in [0.2, 0.25) is 5.91 Å². The molecule has 2 N–H and O–H groups in total. The fourth-order valence-electron chi connectivity index (χ4n) is 2.57. The minimum absolute atomic E-state index is 0.206. The van der Waals surface area contributed by atoms with E-state index in [0.29, 0.717) is 6.54 Å². The number of unbranched alkanes of at least 4 members (excludes halogenated alkanes) is 1. The zero-order chi connectivity index (χ0) is 12.1. The summed E-state index contributed by atoms with van der Waals surface area (Å²) in [5.41, 5.74) is 5.20. The molecule has 0 radical (unpaired) electrons. The maximum Gasteiger partial charge on any atom is 0.231 e. The summed E-state index contributed by atoms with van der Waals surface area (Å²) in [6.45, 7) is 5.83. The molecule has 2 rings (SSSR count). The zero-order valence-electron chi connectivity index (χ0n) is 10.7. The van der Waals surface area contributed by atoms with Crippen LogP contribution in [0.4, 0.5) is 0 Å². The molecular formula is C13H25N3O. The van der Waals surface area contributed by atoms with Crippen molar-refractivity contribution in [3.8, 4) is 0 Å². The summed E-state index contributed by atoms with van der Waals surface area (Å²) in [7, 11) is 0. The van der Waals surface area contributed by atoms with Crippen molar-refractivity contribution < 1.29 is 4.79 Å². The number of piperazine rings is 1. The van der Waals surface area contributed by atoms with Crippen LogP contribution >= 0.6 is 0 Å². The van der Waals surface area contributed by atoms with Gasteiger partial charge in [0.1, 0.15) is 0 Å². The van der Waals surface area contributed by atoms with Gasteiger partial charge in [-0.05, 0) is 18.9 Å². The van der Waals surface area contributed by atoms with Crippen LogP contribution in [0.3, 0.4) is 0 Å². The second kappa shape index (κ2) is 6.36. The molecule has 1 heterocycles. The summed E-state index contributed by atoms with van der Waals surface area (Å²) in [6.07, 6.45) is 7.14. The molecule has 4 nitrogen and oxygen atoms in total. The molecule has 2 fully saturated rings. The Kier molecular flexibility index (Phi) is 4.80. The van der Waals surface area contributed by atoms with E-state index in [-0.39, 0.29) is 5.91 Å². The average Bonchev–Trinajstić information content (AvgIpc) is 3.10. The van der Waals surface area contributed by atoms with E-state index in [1.54, 1.807) is 0 Å². The van der Waals surface area contributed by atoms with Crippen LogP contribution < -0.4 is 5.73 Å². The Morgan fingerprint density at radius 2 is 1.71 bits per heavy atom. The summed E-state index contributed by atoms with van der Waals surface area (Å²) in [4.78, 5) is 15.5. The van der Waals surface area contributed by atoms with Gasteiger partial charge in [0.15, 0.2) is 0 Å². The topological polar surface area (TPSA) is 49.6 Å². The highest BCUT2D eigenvalue weighted by molar-refractivity contribution is 5.75. The van der Waals surface area contributed by atoms with Gasteiger partial charge in [-0.2, -0.15) is 0 Å². The van der Waals surface area contributed by atoms with Crippen molar-refractivity contribution in [3.63, 3.8) is 0 Å². The van der Waals surface area contributed by atoms with E-state index in [1.807, 2.05) is 0 Å². The molecule has 0 bridgehead atoms. The summed E-state index contributed by atoms with van der Waals surface area (Å²) >= 11 is 0. The van der Waals surface area contributed by atoms with Gasteiger partial charge in [0.25, 0.3) is 0 Å². The monoisotopic (exact) mass is 239 g/mol. The van der Waals surface area contributed by atoms with E-state index in [0.717, 1.165) is 32.1 Å². The van der Waals surface area contributed by atoms with Crippen LogP contribution in [0.15, 0.2) is 0 Å². The van der Waals surface area contributed by atoms with E-state index in [1.165, 1.54) is 38.6 Å². The molecule has 98 valence electrons. The van der Waals surface area contributed by atoms with Gasteiger partial charge < -0.3 is 10.6 Å². The number of hydrogen-bond acceptors (Lipinski definition) is 3. The third-order valence-corrected chi connectivity index (χ3v) is 3.88. The zero-order valence-corrected chi connectivity index (χ0v) is 10.7. The van der Waals surface area contributed by atoms with Gasteiger partial charge in [0, 0.05) is 26.2 Å². The second-order valence-electron chi connectivity index (χ2n) is 5.52. The first-order valence-electron chi connectivity index (χ1n) is 6.97. The number of hydrogen-bond donors (Lipinski definition) is 1. The molecule has 2 aliphatic rings. The second-order valence-corrected chi connectivity index (χ2v) is 5.52. The van der Waals surface area contributed by atoms with Crippen molar-refractivity contribution >= 4 is 5.91 Å². The lowest BCUT2D eigenvalue weighted by molar-refractivity contribution is -0.119. The highest BCUT2D eigenvalue weighted by atomic mass is 16.1. The number of nitrogens with two attached hydrogens (primary N) is 1. The molecular weight excluding hydrogens is 214 g/mol. The first-order valence-corrected chi connectivity index (χ1v) is 6.97. The normalized spacial score (nSPS) is 22.8. The Balaban J connectivity index is 1.50. The number of amides is 1. The largest absolute Gasteiger partial charge is 0.369 e. The fraction of sp³-hybridized carbons (Fsp3) is 0.923. The molecule has 1 amide bonds. The van der Waals surface area contributed by atoms with Crippen molar-refractivity contribution in [3.05, 3.63) is 0 Å². The highest BCUT2D eigenvalue weighted by Crippen LogP contribution is 2.33. The molecule has 0 unspecified atom stereocenters. The van der Waals surface area contributed by atoms with Gasteiger partial charge in [-0.15, -0.1) is 0 Å². The van der Waals surface area contributed by atoms with Crippen LogP contribution in [0.2, 0.25) is 0 Å². The molecule has 0 atom stereocenters. The molecule has 1 saturated heterocycles. The first kappa shape index (κ1) is 12.8. The van der Waals surface area contributed by atoms with Crippen molar-refractivity contribution in [2.75, 3.05) is 39.3 Å². The number of nitrogens with zero attached hydrogens (tertiary/aromatic N) is 2. The summed E-state index contributed by atoms with van der Waals surface area (Å²) in [5, 5.41) is 0. The Hall–Kier alpha value is -0.610. The van der Waals surface area contributed by atoms with E-state index in [9.17, 15) is 4.79 Å². The van der Waals surface area contributed by atoms with Crippen LogP contribution in [0.1, 0.15) is 32.1 Å². The van der Waals surface area contributed by atoms with Gasteiger partial charge in [0.05, 0.1) is 6.54 Å². The number of rotatable bonds is 7. The number of carbonyl (C=O) groups is 1. The van der Waals surface area contributed by atoms with Crippen molar-refractivity contribution in [1.29, 1.82) is 0 Å². The smallest absolute Gasteiger partial charge is 0.231 e. The third kappa shape index (κ3) is 5.04. The Bertz CT molecular complexity index is 245. The first-order chi connectivity index (χ1) is 8.24. The van der Waals surface area contributed by atoms with Crippen LogP contribution in [0.5, 0.6) is 0 Å². The molecule has 0 aromatic rings. The van der Waals surface area contributed by atoms with Gasteiger partial charge in [-0.3, -0.25) is 9.69 Å². The van der Waals surface area contributed by atoms with Crippen LogP contribution in [-0.4, -0.2) is 55.0 Å². The minimum Gasteiger partial charge on any atom is -0.369 e. The Morgan fingerprint density at radius 3 is 2.29 bits per heavy atom. The van der Waals surface area contributed by atoms with Crippen molar-refractivity contribution in [2.45, 2.75) is 32.1 Å². The lowest BCUT2D eigenvalue weighted by Gasteiger charge is -2.33. The number of carbonyl (C=O) groups excluding carboxylic acids is 1. The summed E-state index contributed by atoms with van der Waals surface area (Å²) in [5.74, 6) is 0.866. The minimum atomic E-state index is -0.206. The van der Waals surface area contributed by atoms with Crippen molar-refractivity contribution in [2.24, 2.45) is 11.7 Å². The molecule has 17 heavy (non-hydrogen) atoms. The average molecular weight is 239 g/mol. The molecule has 0 aromatic heterocycles. The lowest BCUT2D eigenvalue weighted by atomic mass is 10.1. The van der Waals surface area contributed by atoms with Gasteiger partial charge in [-0.25, -0.2) is 0 Å². The third-order valence-electron chi connectivity index (χ3n) is 3.88. The standard InChI is InChI=1S/C13H25N3O/c14-13(17)11-16-9-7-15(8-10-16)6-2-1-3-12-4-5-12/h12H,1-11H2,(H2,14,17). The fourth-order valence-corrected chi connectivity index (χ4v) is 2.57. The molecule has 1 aliphatic heterocycles. The summed E-state index contributed by atoms with van der Waals surface area (Å²) in [6, 6.07) is 0. The molecule has 4 heteroatoms. The molecule has 1 aliphatic carbocycles. The Morgan fingerprint density at radius 1 is 1.06 bits per heavy atom. The van der Waals surface area contributed by atoms with Crippen LogP contribution in [0, 0.1) is 5.92 Å². The van der Waals surface area contributed by atoms with Gasteiger partial charge >= 0.3 is 0 Å². The van der Waals surface area contributed by atoms with Gasteiger partial charge in [-0.1, -0.05) is 25.7 Å². The maximum absolute atomic E-state index is 10.8. The molecule has 0 aromatic carbocycles. The molecule has 0 spiro atoms. The predicted molar refractivity (Wildman–Crippen MR) is 68.6 cm³/mol. The SMILES string of the molecule is NC(=O)CN1CCN(CCCCC2CC2)CC1. The predicted octanol–water partition coefficient (Wildman–Crippen LogP) is 0.670. The van der Waals surface area contributed by atoms with E-state index in [4.69, 9.17) is 5.73 Å². The number of primary amides is 1. The highest BCUT2D eigenvalue weighted by Gasteiger charge is 2.21. The summed E-state index contributed by atoms with van der Waals surface area (Å²) < 4.78 is 0. The van der Waals surface area contributed by atoms with Crippen molar-refractivity contribution in [1.82, 2.24) is 9.80 Å². The maximum atomic E-state index is 10.8. The van der Waals surface area contributed by atoms with E-state index >= 15 is 0 Å². The quantitative estimate of drug-likeness (QED) is 0.664. The van der Waals surface area contributed by atoms with Crippen LogP contribution in [-0.2, 0) is 4.79 Å². The van der Waals surface area contributed by atoms with Crippen LogP contribution in [0.25, 0.3) is 0 Å². The van der Waals surface area contributed by atoms with E-state index < -0.39 is 0 Å². The Labute approximate surface area is 104 Å².